The molecule has 94 valence electrons. The van der Waals surface area contributed by atoms with E-state index in [9.17, 15) is 0 Å². The number of rotatable bonds is 3. The van der Waals surface area contributed by atoms with Gasteiger partial charge in [0.1, 0.15) is 0 Å². The van der Waals surface area contributed by atoms with Crippen LogP contribution in [0.4, 0.5) is 0 Å². The largest absolute Gasteiger partial charge is 0.290 e. The van der Waals surface area contributed by atoms with Crippen molar-refractivity contribution in [1.29, 1.82) is 0 Å². The van der Waals surface area contributed by atoms with E-state index in [4.69, 9.17) is 0 Å². The Kier molecular flexibility index (Phi) is 3.67. The van der Waals surface area contributed by atoms with E-state index in [1.54, 1.807) is 0 Å². The molecule has 1 saturated heterocycles. The van der Waals surface area contributed by atoms with Crippen molar-refractivity contribution in [2.45, 2.75) is 31.8 Å². The molecular formula is C14H17N3S. The van der Waals surface area contributed by atoms with E-state index in [1.807, 2.05) is 6.20 Å². The van der Waals surface area contributed by atoms with E-state index >= 15 is 0 Å². The maximum atomic E-state index is 4.33. The van der Waals surface area contributed by atoms with Gasteiger partial charge in [0.15, 0.2) is 0 Å². The molecule has 3 rings (SSSR count). The van der Waals surface area contributed by atoms with Crippen molar-refractivity contribution < 1.29 is 0 Å². The van der Waals surface area contributed by atoms with Crippen LogP contribution < -0.4 is 0 Å². The predicted octanol–water partition coefficient (Wildman–Crippen LogP) is 3.27. The molecule has 2 aromatic rings. The van der Waals surface area contributed by atoms with Gasteiger partial charge in [-0.05, 0) is 24.9 Å². The summed E-state index contributed by atoms with van der Waals surface area (Å²) in [5, 5.41) is 0. The summed E-state index contributed by atoms with van der Waals surface area (Å²) in [5.74, 6) is 0. The molecule has 0 spiro atoms. The lowest BCUT2D eigenvalue weighted by Crippen LogP contribution is -2.32. The molecule has 18 heavy (non-hydrogen) atoms. The predicted molar refractivity (Wildman–Crippen MR) is 73.4 cm³/mol. The average Bonchev–Trinajstić information content (AvgIpc) is 2.93. The zero-order valence-corrected chi connectivity index (χ0v) is 11.1. The molecule has 0 saturated carbocycles. The van der Waals surface area contributed by atoms with Crippen molar-refractivity contribution in [3.05, 3.63) is 47.8 Å². The number of hydrogen-bond acceptors (Lipinski definition) is 4. The second kappa shape index (κ2) is 5.59. The number of likely N-dealkylation sites (tertiary alicyclic amines) is 1. The molecule has 2 heterocycles. The summed E-state index contributed by atoms with van der Waals surface area (Å²) in [6.45, 7) is 2.09. The highest BCUT2D eigenvalue weighted by Crippen LogP contribution is 2.31. The Labute approximate surface area is 112 Å². The molecule has 4 heteroatoms. The first kappa shape index (κ1) is 11.8. The van der Waals surface area contributed by atoms with Crippen LogP contribution in [-0.4, -0.2) is 20.2 Å². The number of aromatic nitrogens is 2. The van der Waals surface area contributed by atoms with Crippen molar-refractivity contribution in [3.8, 4) is 0 Å². The minimum absolute atomic E-state index is 0.543. The molecule has 0 aliphatic carbocycles. The molecular weight excluding hydrogens is 242 g/mol. The normalized spacial score (nSPS) is 21.0. The lowest BCUT2D eigenvalue weighted by molar-refractivity contribution is 0.139. The number of piperidine rings is 1. The molecule has 1 aromatic carbocycles. The molecule has 3 nitrogen and oxygen atoms in total. The van der Waals surface area contributed by atoms with Crippen LogP contribution in [-0.2, 0) is 6.54 Å². The van der Waals surface area contributed by atoms with Crippen LogP contribution in [0.3, 0.4) is 0 Å². The zero-order chi connectivity index (χ0) is 12.2. The van der Waals surface area contributed by atoms with Gasteiger partial charge in [-0.1, -0.05) is 36.8 Å². The molecule has 0 radical (unpaired) electrons. The van der Waals surface area contributed by atoms with Gasteiger partial charge >= 0.3 is 0 Å². The topological polar surface area (TPSA) is 29.0 Å². The van der Waals surface area contributed by atoms with Gasteiger partial charge < -0.3 is 0 Å². The third-order valence-corrected chi connectivity index (χ3v) is 4.09. The first-order chi connectivity index (χ1) is 8.93. The Morgan fingerprint density at radius 1 is 1.22 bits per heavy atom. The third-order valence-electron chi connectivity index (χ3n) is 3.57. The summed E-state index contributed by atoms with van der Waals surface area (Å²) in [5.41, 5.74) is 2.53. The van der Waals surface area contributed by atoms with Crippen LogP contribution in [0.15, 0.2) is 36.5 Å². The van der Waals surface area contributed by atoms with Crippen molar-refractivity contribution in [1.82, 2.24) is 13.6 Å². The van der Waals surface area contributed by atoms with Gasteiger partial charge in [0.2, 0.25) is 0 Å². The zero-order valence-electron chi connectivity index (χ0n) is 10.3. The molecule has 0 amide bonds. The Morgan fingerprint density at radius 2 is 2.11 bits per heavy atom. The number of benzene rings is 1. The first-order valence-electron chi connectivity index (χ1n) is 6.49. The first-order valence-corrected chi connectivity index (χ1v) is 7.22. The van der Waals surface area contributed by atoms with Crippen LogP contribution in [0.25, 0.3) is 0 Å². The van der Waals surface area contributed by atoms with E-state index in [1.165, 1.54) is 36.6 Å². The van der Waals surface area contributed by atoms with Crippen LogP contribution in [0.5, 0.6) is 0 Å². The summed E-state index contributed by atoms with van der Waals surface area (Å²) >= 11 is 1.30. The highest BCUT2D eigenvalue weighted by molar-refractivity contribution is 6.99. The van der Waals surface area contributed by atoms with E-state index in [-0.39, 0.29) is 0 Å². The van der Waals surface area contributed by atoms with Crippen LogP contribution in [0.2, 0.25) is 0 Å². The van der Waals surface area contributed by atoms with Gasteiger partial charge in [-0.15, -0.1) is 0 Å². The molecule has 1 aliphatic heterocycles. The van der Waals surface area contributed by atoms with Gasteiger partial charge in [-0.2, -0.15) is 8.75 Å². The van der Waals surface area contributed by atoms with E-state index in [2.05, 4.69) is 44.0 Å². The van der Waals surface area contributed by atoms with Gasteiger partial charge in [0.25, 0.3) is 0 Å². The number of nitrogens with zero attached hydrogens (tertiary/aromatic N) is 3. The van der Waals surface area contributed by atoms with Crippen molar-refractivity contribution in [2.75, 3.05) is 6.54 Å². The Morgan fingerprint density at radius 3 is 2.89 bits per heavy atom. The van der Waals surface area contributed by atoms with E-state index in [0.717, 1.165) is 18.8 Å². The lowest BCUT2D eigenvalue weighted by atomic mass is 9.95. The minimum Gasteiger partial charge on any atom is -0.290 e. The molecule has 0 N–H and O–H groups in total. The number of hydrogen-bond donors (Lipinski definition) is 0. The smallest absolute Gasteiger partial charge is 0.0883 e. The van der Waals surface area contributed by atoms with Crippen molar-refractivity contribution in [3.63, 3.8) is 0 Å². The Balaban J connectivity index is 1.78. The lowest BCUT2D eigenvalue weighted by Gasteiger charge is -2.35. The summed E-state index contributed by atoms with van der Waals surface area (Å²) < 4.78 is 8.42. The molecule has 1 aliphatic rings. The Hall–Kier alpha value is -1.26. The van der Waals surface area contributed by atoms with Gasteiger partial charge in [-0.3, -0.25) is 4.90 Å². The molecule has 0 bridgehead atoms. The summed E-state index contributed by atoms with van der Waals surface area (Å²) in [7, 11) is 0. The fraction of sp³-hybridized carbons (Fsp3) is 0.429. The monoisotopic (exact) mass is 259 g/mol. The molecule has 0 unspecified atom stereocenters. The fourth-order valence-corrected chi connectivity index (χ4v) is 3.12. The molecule has 1 fully saturated rings. The van der Waals surface area contributed by atoms with Crippen LogP contribution in [0.1, 0.15) is 36.6 Å². The third kappa shape index (κ3) is 2.60. The second-order valence-electron chi connectivity index (χ2n) is 4.79. The Bertz CT molecular complexity index is 469. The summed E-state index contributed by atoms with van der Waals surface area (Å²) in [6.07, 6.45) is 5.76. The van der Waals surface area contributed by atoms with Gasteiger partial charge in [-0.25, -0.2) is 0 Å². The maximum absolute atomic E-state index is 4.33. The van der Waals surface area contributed by atoms with Crippen molar-refractivity contribution >= 4 is 11.7 Å². The quantitative estimate of drug-likeness (QED) is 0.847. The maximum Gasteiger partial charge on any atom is 0.0883 e. The van der Waals surface area contributed by atoms with E-state index in [0.29, 0.717) is 6.04 Å². The van der Waals surface area contributed by atoms with Crippen molar-refractivity contribution in [2.24, 2.45) is 0 Å². The van der Waals surface area contributed by atoms with Gasteiger partial charge in [0, 0.05) is 12.6 Å². The standard InChI is InChI=1S/C14H17N3S/c1-2-6-12(7-3-1)14-8-4-5-9-17(14)11-13-10-15-18-16-13/h1-3,6-7,10,14H,4-5,8-9,11H2/t14-/m1/s1. The highest BCUT2D eigenvalue weighted by Gasteiger charge is 2.24. The minimum atomic E-state index is 0.543. The highest BCUT2D eigenvalue weighted by atomic mass is 32.1. The van der Waals surface area contributed by atoms with Gasteiger partial charge in [0.05, 0.1) is 23.6 Å². The van der Waals surface area contributed by atoms with E-state index < -0.39 is 0 Å². The molecule has 1 aromatic heterocycles. The SMILES string of the molecule is c1ccc([C@H]2CCCCN2Cc2cnsn2)cc1. The fourth-order valence-electron chi connectivity index (χ4n) is 2.69. The molecule has 1 atom stereocenters. The summed E-state index contributed by atoms with van der Waals surface area (Å²) in [4.78, 5) is 2.54. The second-order valence-corrected chi connectivity index (χ2v) is 5.35. The van der Waals surface area contributed by atoms with Crippen LogP contribution in [0, 0.1) is 0 Å². The van der Waals surface area contributed by atoms with Crippen LogP contribution >= 0.6 is 11.7 Å². The average molecular weight is 259 g/mol. The summed E-state index contributed by atoms with van der Waals surface area (Å²) in [6, 6.07) is 11.4.